The molecule has 0 fully saturated rings. The van der Waals surface area contributed by atoms with Gasteiger partial charge >= 0.3 is 11.9 Å². The number of ketones is 1. The highest BCUT2D eigenvalue weighted by Crippen LogP contribution is 2.45. The number of carbonyl (C=O) groups excluding carboxylic acids is 3. The van der Waals surface area contributed by atoms with Crippen LogP contribution in [0.5, 0.6) is 0 Å². The summed E-state index contributed by atoms with van der Waals surface area (Å²) in [6, 6.07) is 9.43. The van der Waals surface area contributed by atoms with E-state index in [1.165, 1.54) is 7.11 Å². The SMILES string of the molecule is CCSCCOC(=O)C1=C(C)NC2=C(C(=O)C(C(=O)OC)C(C)C2)C1c1ccccc1. The Labute approximate surface area is 187 Å². The van der Waals surface area contributed by atoms with Crippen molar-refractivity contribution < 1.29 is 23.9 Å². The third-order valence-corrected chi connectivity index (χ3v) is 6.62. The summed E-state index contributed by atoms with van der Waals surface area (Å²) in [6.45, 7) is 6.06. The molecule has 1 aromatic carbocycles. The van der Waals surface area contributed by atoms with Crippen LogP contribution in [0.15, 0.2) is 52.9 Å². The number of hydrogen-bond donors (Lipinski definition) is 1. The summed E-state index contributed by atoms with van der Waals surface area (Å²) in [5, 5.41) is 3.27. The molecule has 6 nitrogen and oxygen atoms in total. The normalized spacial score (nSPS) is 23.2. The average Bonchev–Trinajstić information content (AvgIpc) is 2.76. The van der Waals surface area contributed by atoms with Crippen LogP contribution in [0.25, 0.3) is 0 Å². The average molecular weight is 444 g/mol. The first-order chi connectivity index (χ1) is 14.9. The zero-order valence-corrected chi connectivity index (χ0v) is 19.2. The number of thioether (sulfide) groups is 1. The molecule has 7 heteroatoms. The number of carbonyl (C=O) groups is 3. The van der Waals surface area contributed by atoms with Crippen LogP contribution in [0.3, 0.4) is 0 Å². The second-order valence-corrected chi connectivity index (χ2v) is 9.17. The molecule has 0 bridgehead atoms. The number of ether oxygens (including phenoxy) is 2. The molecular formula is C24H29NO5S. The summed E-state index contributed by atoms with van der Waals surface area (Å²) >= 11 is 1.70. The van der Waals surface area contributed by atoms with Gasteiger partial charge in [-0.1, -0.05) is 44.2 Å². The molecular weight excluding hydrogens is 414 g/mol. The summed E-state index contributed by atoms with van der Waals surface area (Å²) in [5.74, 6) is -1.27. The number of methoxy groups -OCH3 is 1. The van der Waals surface area contributed by atoms with E-state index in [-0.39, 0.29) is 11.7 Å². The van der Waals surface area contributed by atoms with Crippen LogP contribution in [0.2, 0.25) is 0 Å². The number of hydrogen-bond acceptors (Lipinski definition) is 7. The Morgan fingerprint density at radius 3 is 2.58 bits per heavy atom. The zero-order valence-electron chi connectivity index (χ0n) is 18.4. The van der Waals surface area contributed by atoms with E-state index in [2.05, 4.69) is 12.2 Å². The molecule has 0 spiro atoms. The number of allylic oxidation sites excluding steroid dienone is 3. The van der Waals surface area contributed by atoms with Crippen LogP contribution >= 0.6 is 11.8 Å². The number of esters is 2. The summed E-state index contributed by atoms with van der Waals surface area (Å²) < 4.78 is 10.5. The van der Waals surface area contributed by atoms with E-state index in [1.54, 1.807) is 11.8 Å². The maximum absolute atomic E-state index is 13.6. The van der Waals surface area contributed by atoms with Crippen molar-refractivity contribution in [2.45, 2.75) is 33.1 Å². The molecule has 3 unspecified atom stereocenters. The number of dihydropyridines is 1. The number of rotatable bonds is 7. The Balaban J connectivity index is 2.04. The lowest BCUT2D eigenvalue weighted by atomic mass is 9.69. The Kier molecular flexibility index (Phi) is 7.59. The Morgan fingerprint density at radius 1 is 1.23 bits per heavy atom. The van der Waals surface area contributed by atoms with Gasteiger partial charge in [-0.25, -0.2) is 4.79 Å². The van der Waals surface area contributed by atoms with Gasteiger partial charge in [0.2, 0.25) is 0 Å². The molecule has 0 saturated carbocycles. The summed E-state index contributed by atoms with van der Waals surface area (Å²) in [6.07, 6.45) is 0.525. The van der Waals surface area contributed by atoms with Crippen molar-refractivity contribution in [2.24, 2.45) is 11.8 Å². The fourth-order valence-corrected chi connectivity index (χ4v) is 4.84. The van der Waals surface area contributed by atoms with Crippen LogP contribution in [0.1, 0.15) is 38.7 Å². The van der Waals surface area contributed by atoms with E-state index in [0.717, 1.165) is 17.0 Å². The van der Waals surface area contributed by atoms with Crippen LogP contribution < -0.4 is 5.32 Å². The van der Waals surface area contributed by atoms with Gasteiger partial charge in [0, 0.05) is 28.6 Å². The molecule has 166 valence electrons. The van der Waals surface area contributed by atoms with E-state index in [1.807, 2.05) is 44.2 Å². The molecule has 2 aliphatic rings. The van der Waals surface area contributed by atoms with E-state index >= 15 is 0 Å². The monoisotopic (exact) mass is 443 g/mol. The minimum absolute atomic E-state index is 0.199. The van der Waals surface area contributed by atoms with Gasteiger partial charge in [0.1, 0.15) is 12.5 Å². The largest absolute Gasteiger partial charge is 0.468 e. The molecule has 3 atom stereocenters. The second-order valence-electron chi connectivity index (χ2n) is 7.78. The van der Waals surface area contributed by atoms with Crippen LogP contribution in [-0.4, -0.2) is 42.9 Å². The standard InChI is InChI=1S/C24H29NO5S/c1-5-31-12-11-30-24(28)19-15(3)25-17-13-14(2)18(23(27)29-4)22(26)21(17)20(19)16-9-7-6-8-10-16/h6-10,14,18,20,25H,5,11-13H2,1-4H3. The topological polar surface area (TPSA) is 81.7 Å². The molecule has 1 N–H and O–H groups in total. The molecule has 1 aliphatic heterocycles. The quantitative estimate of drug-likeness (QED) is 0.392. The zero-order chi connectivity index (χ0) is 22.5. The molecule has 0 radical (unpaired) electrons. The molecule has 31 heavy (non-hydrogen) atoms. The lowest BCUT2D eigenvalue weighted by Crippen LogP contribution is -2.43. The summed E-state index contributed by atoms with van der Waals surface area (Å²) in [7, 11) is 1.29. The van der Waals surface area contributed by atoms with E-state index in [0.29, 0.717) is 35.6 Å². The first kappa shape index (κ1) is 23.1. The van der Waals surface area contributed by atoms with Gasteiger partial charge < -0.3 is 14.8 Å². The lowest BCUT2D eigenvalue weighted by Gasteiger charge is -2.38. The third-order valence-electron chi connectivity index (χ3n) is 5.76. The number of Topliss-reactive ketones (excluding diaryl/α,β-unsaturated/α-hetero) is 1. The Morgan fingerprint density at radius 2 is 1.94 bits per heavy atom. The fraction of sp³-hybridized carbons (Fsp3) is 0.458. The second kappa shape index (κ2) is 10.2. The van der Waals surface area contributed by atoms with Crippen molar-refractivity contribution in [2.75, 3.05) is 25.2 Å². The van der Waals surface area contributed by atoms with Gasteiger partial charge in [-0.05, 0) is 30.6 Å². The van der Waals surface area contributed by atoms with Gasteiger partial charge in [0.05, 0.1) is 12.7 Å². The lowest BCUT2D eigenvalue weighted by molar-refractivity contribution is -0.151. The van der Waals surface area contributed by atoms with Gasteiger partial charge in [-0.3, -0.25) is 9.59 Å². The van der Waals surface area contributed by atoms with Crippen LogP contribution in [-0.2, 0) is 23.9 Å². The van der Waals surface area contributed by atoms with Crippen molar-refractivity contribution in [3.8, 4) is 0 Å². The van der Waals surface area contributed by atoms with Crippen molar-refractivity contribution >= 4 is 29.5 Å². The third kappa shape index (κ3) is 4.71. The maximum Gasteiger partial charge on any atom is 0.336 e. The minimum Gasteiger partial charge on any atom is -0.468 e. The van der Waals surface area contributed by atoms with Crippen molar-refractivity contribution in [1.82, 2.24) is 5.32 Å². The molecule has 1 heterocycles. The fourth-order valence-electron chi connectivity index (χ4n) is 4.35. The van der Waals surface area contributed by atoms with Crippen LogP contribution in [0, 0.1) is 11.8 Å². The predicted octanol–water partition coefficient (Wildman–Crippen LogP) is 3.60. The Bertz CT molecular complexity index is 921. The van der Waals surface area contributed by atoms with Gasteiger partial charge in [-0.15, -0.1) is 0 Å². The molecule has 1 aliphatic carbocycles. The molecule has 3 rings (SSSR count). The van der Waals surface area contributed by atoms with Crippen molar-refractivity contribution in [1.29, 1.82) is 0 Å². The van der Waals surface area contributed by atoms with Crippen LogP contribution in [0.4, 0.5) is 0 Å². The van der Waals surface area contributed by atoms with E-state index < -0.39 is 23.8 Å². The number of benzene rings is 1. The predicted molar refractivity (Wildman–Crippen MR) is 120 cm³/mol. The van der Waals surface area contributed by atoms with Gasteiger partial charge in [0.25, 0.3) is 0 Å². The minimum atomic E-state index is -0.881. The van der Waals surface area contributed by atoms with E-state index in [4.69, 9.17) is 9.47 Å². The first-order valence-corrected chi connectivity index (χ1v) is 11.7. The van der Waals surface area contributed by atoms with Gasteiger partial charge in [-0.2, -0.15) is 11.8 Å². The molecule has 0 amide bonds. The van der Waals surface area contributed by atoms with E-state index in [9.17, 15) is 14.4 Å². The van der Waals surface area contributed by atoms with Crippen molar-refractivity contribution in [3.63, 3.8) is 0 Å². The first-order valence-electron chi connectivity index (χ1n) is 10.5. The molecule has 0 saturated heterocycles. The number of nitrogens with one attached hydrogen (secondary N) is 1. The van der Waals surface area contributed by atoms with Crippen molar-refractivity contribution in [3.05, 3.63) is 58.4 Å². The summed E-state index contributed by atoms with van der Waals surface area (Å²) in [4.78, 5) is 39.1. The molecule has 0 aromatic heterocycles. The maximum atomic E-state index is 13.6. The highest BCUT2D eigenvalue weighted by Gasteiger charge is 2.47. The Hall–Kier alpha value is -2.54. The summed E-state index contributed by atoms with van der Waals surface area (Å²) in [5.41, 5.74) is 3.13. The highest BCUT2D eigenvalue weighted by molar-refractivity contribution is 7.99. The smallest absolute Gasteiger partial charge is 0.336 e. The van der Waals surface area contributed by atoms with Gasteiger partial charge in [0.15, 0.2) is 5.78 Å². The molecule has 1 aromatic rings. The highest BCUT2D eigenvalue weighted by atomic mass is 32.2.